The second kappa shape index (κ2) is 9.07. The second-order valence-electron chi connectivity index (χ2n) is 7.27. The van der Waals surface area contributed by atoms with Crippen LogP contribution in [-0.4, -0.2) is 62.9 Å². The van der Waals surface area contributed by atoms with Crippen molar-refractivity contribution in [2.45, 2.75) is 11.3 Å². The third-order valence-electron chi connectivity index (χ3n) is 5.20. The zero-order valence-corrected chi connectivity index (χ0v) is 17.7. The summed E-state index contributed by atoms with van der Waals surface area (Å²) in [6.07, 6.45) is 3.71. The van der Waals surface area contributed by atoms with Crippen molar-refractivity contribution in [3.63, 3.8) is 0 Å². The molecule has 164 valence electrons. The fourth-order valence-electron chi connectivity index (χ4n) is 3.55. The van der Waals surface area contributed by atoms with Crippen molar-refractivity contribution in [2.75, 3.05) is 39.4 Å². The van der Waals surface area contributed by atoms with E-state index in [0.717, 1.165) is 17.7 Å². The average molecular weight is 447 g/mol. The summed E-state index contributed by atoms with van der Waals surface area (Å²) in [4.78, 5) is 14.3. The van der Waals surface area contributed by atoms with Crippen molar-refractivity contribution in [3.8, 4) is 11.5 Å². The summed E-state index contributed by atoms with van der Waals surface area (Å²) >= 11 is 0. The zero-order chi connectivity index (χ0) is 21.8. The lowest BCUT2D eigenvalue weighted by Crippen LogP contribution is -2.36. The van der Waals surface area contributed by atoms with Gasteiger partial charge in [-0.25, -0.2) is 12.8 Å². The first-order valence-electron chi connectivity index (χ1n) is 10.1. The van der Waals surface area contributed by atoms with E-state index in [0.29, 0.717) is 44.2 Å². The quantitative estimate of drug-likeness (QED) is 0.675. The Bertz CT molecular complexity index is 1090. The lowest BCUT2D eigenvalue weighted by atomic mass is 10.1. The number of carbonyl (C=O) groups is 1. The van der Waals surface area contributed by atoms with Crippen molar-refractivity contribution >= 4 is 22.0 Å². The minimum absolute atomic E-state index is 0.0483. The maximum absolute atomic E-state index is 13.1. The van der Waals surface area contributed by atoms with Gasteiger partial charge in [0.1, 0.15) is 19.0 Å². The molecule has 0 aromatic heterocycles. The number of benzene rings is 2. The average Bonchev–Trinajstić information content (AvgIpc) is 3.05. The van der Waals surface area contributed by atoms with Crippen LogP contribution in [0, 0.1) is 5.82 Å². The van der Waals surface area contributed by atoms with Crippen molar-refractivity contribution in [1.29, 1.82) is 0 Å². The van der Waals surface area contributed by atoms with Gasteiger partial charge >= 0.3 is 0 Å². The smallest absolute Gasteiger partial charge is 0.246 e. The van der Waals surface area contributed by atoms with Crippen LogP contribution in [0.3, 0.4) is 0 Å². The van der Waals surface area contributed by atoms with E-state index in [1.54, 1.807) is 11.0 Å². The highest BCUT2D eigenvalue weighted by Gasteiger charge is 2.27. The summed E-state index contributed by atoms with van der Waals surface area (Å²) in [5.41, 5.74) is 0.813. The lowest BCUT2D eigenvalue weighted by Gasteiger charge is -2.21. The SMILES string of the molecule is O=C(/C=C/c1ccc2c(c1)OCCO2)N1CCCN(S(=O)(=O)c2ccc(F)cc2)CC1. The molecule has 2 aromatic carbocycles. The van der Waals surface area contributed by atoms with Gasteiger partial charge in [-0.05, 0) is 54.5 Å². The molecule has 2 aliphatic heterocycles. The number of amides is 1. The molecule has 0 N–H and O–H groups in total. The fraction of sp³-hybridized carbons (Fsp3) is 0.318. The van der Waals surface area contributed by atoms with Crippen LogP contribution in [0.2, 0.25) is 0 Å². The van der Waals surface area contributed by atoms with E-state index in [1.165, 1.54) is 22.5 Å². The number of fused-ring (bicyclic) bond motifs is 1. The molecule has 2 aliphatic rings. The highest BCUT2D eigenvalue weighted by molar-refractivity contribution is 7.89. The summed E-state index contributed by atoms with van der Waals surface area (Å²) in [5.74, 6) is 0.661. The summed E-state index contributed by atoms with van der Waals surface area (Å²) in [6, 6.07) is 10.2. The van der Waals surface area contributed by atoms with Gasteiger partial charge in [-0.3, -0.25) is 4.79 Å². The van der Waals surface area contributed by atoms with E-state index < -0.39 is 15.8 Å². The van der Waals surface area contributed by atoms with Crippen LogP contribution in [0.1, 0.15) is 12.0 Å². The van der Waals surface area contributed by atoms with Gasteiger partial charge in [0, 0.05) is 32.3 Å². The van der Waals surface area contributed by atoms with E-state index >= 15 is 0 Å². The molecule has 0 unspecified atom stereocenters. The molecule has 0 bridgehead atoms. The first-order chi connectivity index (χ1) is 14.9. The van der Waals surface area contributed by atoms with Crippen LogP contribution in [0.5, 0.6) is 11.5 Å². The predicted molar refractivity (Wildman–Crippen MR) is 113 cm³/mol. The molecular weight excluding hydrogens is 423 g/mol. The molecule has 0 spiro atoms. The number of ether oxygens (including phenoxy) is 2. The molecule has 1 amide bonds. The normalized spacial score (nSPS) is 17.5. The zero-order valence-electron chi connectivity index (χ0n) is 16.9. The van der Waals surface area contributed by atoms with Crippen LogP contribution in [0.15, 0.2) is 53.4 Å². The van der Waals surface area contributed by atoms with Crippen LogP contribution in [0.4, 0.5) is 4.39 Å². The van der Waals surface area contributed by atoms with E-state index in [9.17, 15) is 17.6 Å². The Labute approximate surface area is 180 Å². The fourth-order valence-corrected chi connectivity index (χ4v) is 5.02. The highest BCUT2D eigenvalue weighted by Crippen LogP contribution is 2.31. The Balaban J connectivity index is 1.39. The number of hydrogen-bond acceptors (Lipinski definition) is 5. The largest absolute Gasteiger partial charge is 0.486 e. The van der Waals surface area contributed by atoms with Gasteiger partial charge in [0.2, 0.25) is 15.9 Å². The van der Waals surface area contributed by atoms with E-state index in [-0.39, 0.29) is 23.9 Å². The first kappa shape index (κ1) is 21.3. The van der Waals surface area contributed by atoms with Gasteiger partial charge in [-0.15, -0.1) is 0 Å². The minimum atomic E-state index is -3.73. The van der Waals surface area contributed by atoms with Crippen LogP contribution in [0.25, 0.3) is 6.08 Å². The van der Waals surface area contributed by atoms with Crippen molar-refractivity contribution in [1.82, 2.24) is 9.21 Å². The Morgan fingerprint density at radius 3 is 2.45 bits per heavy atom. The molecule has 2 aromatic rings. The molecule has 0 saturated carbocycles. The number of nitrogens with zero attached hydrogens (tertiary/aromatic N) is 2. The summed E-state index contributed by atoms with van der Waals surface area (Å²) in [5, 5.41) is 0. The number of carbonyl (C=O) groups excluding carboxylic acids is 1. The predicted octanol–water partition coefficient (Wildman–Crippen LogP) is 2.53. The number of halogens is 1. The van der Waals surface area contributed by atoms with Gasteiger partial charge in [-0.1, -0.05) is 6.07 Å². The van der Waals surface area contributed by atoms with Gasteiger partial charge in [0.15, 0.2) is 11.5 Å². The van der Waals surface area contributed by atoms with Crippen LogP contribution in [-0.2, 0) is 14.8 Å². The van der Waals surface area contributed by atoms with Gasteiger partial charge < -0.3 is 14.4 Å². The second-order valence-corrected chi connectivity index (χ2v) is 9.21. The van der Waals surface area contributed by atoms with Gasteiger partial charge in [0.25, 0.3) is 0 Å². The minimum Gasteiger partial charge on any atom is -0.486 e. The van der Waals surface area contributed by atoms with E-state index in [1.807, 2.05) is 18.2 Å². The van der Waals surface area contributed by atoms with Gasteiger partial charge in [0.05, 0.1) is 4.90 Å². The van der Waals surface area contributed by atoms with E-state index in [2.05, 4.69) is 0 Å². The Kier molecular flexibility index (Phi) is 6.24. The van der Waals surface area contributed by atoms with Crippen LogP contribution < -0.4 is 9.47 Å². The molecule has 2 heterocycles. The molecular formula is C22H23FN2O5S. The van der Waals surface area contributed by atoms with Gasteiger partial charge in [-0.2, -0.15) is 4.31 Å². The third-order valence-corrected chi connectivity index (χ3v) is 7.12. The summed E-state index contributed by atoms with van der Waals surface area (Å²) < 4.78 is 51.2. The molecule has 1 fully saturated rings. The molecule has 9 heteroatoms. The molecule has 31 heavy (non-hydrogen) atoms. The lowest BCUT2D eigenvalue weighted by molar-refractivity contribution is -0.125. The monoisotopic (exact) mass is 446 g/mol. The van der Waals surface area contributed by atoms with Crippen molar-refractivity contribution in [2.24, 2.45) is 0 Å². The summed E-state index contributed by atoms with van der Waals surface area (Å²) in [7, 11) is -3.73. The summed E-state index contributed by atoms with van der Waals surface area (Å²) in [6.45, 7) is 2.23. The number of sulfonamides is 1. The maximum atomic E-state index is 13.1. The van der Waals surface area contributed by atoms with Crippen molar-refractivity contribution < 1.29 is 27.1 Å². The Morgan fingerprint density at radius 2 is 1.68 bits per heavy atom. The molecule has 0 radical (unpaired) electrons. The topological polar surface area (TPSA) is 76.2 Å². The molecule has 4 rings (SSSR count). The number of rotatable bonds is 4. The standard InChI is InChI=1S/C22H23FN2O5S/c23-18-4-6-19(7-5-18)31(27,28)25-11-1-10-24(12-13-25)22(26)9-3-17-2-8-20-21(16-17)30-15-14-29-20/h2-9,16H,1,10-15H2/b9-3+. The van der Waals surface area contributed by atoms with Crippen molar-refractivity contribution in [3.05, 3.63) is 59.9 Å². The van der Waals surface area contributed by atoms with Crippen LogP contribution >= 0.6 is 0 Å². The Hall–Kier alpha value is -2.91. The molecule has 0 atom stereocenters. The first-order valence-corrected chi connectivity index (χ1v) is 11.5. The Morgan fingerprint density at radius 1 is 0.935 bits per heavy atom. The van der Waals surface area contributed by atoms with E-state index in [4.69, 9.17) is 9.47 Å². The maximum Gasteiger partial charge on any atom is 0.246 e. The molecule has 1 saturated heterocycles. The third kappa shape index (κ3) is 4.88. The molecule has 0 aliphatic carbocycles. The molecule has 7 nitrogen and oxygen atoms in total. The highest BCUT2D eigenvalue weighted by atomic mass is 32.2. The number of hydrogen-bond donors (Lipinski definition) is 0.